The second kappa shape index (κ2) is 14.2. The van der Waals surface area contributed by atoms with Crippen LogP contribution in [0.2, 0.25) is 9.88 Å². The van der Waals surface area contributed by atoms with E-state index in [1.54, 1.807) is 0 Å². The van der Waals surface area contributed by atoms with Gasteiger partial charge in [-0.05, 0) is 0 Å². The van der Waals surface area contributed by atoms with Crippen molar-refractivity contribution in [3.05, 3.63) is 0 Å². The summed E-state index contributed by atoms with van der Waals surface area (Å²) < 4.78 is 0. The van der Waals surface area contributed by atoms with Crippen LogP contribution >= 0.6 is 8.95 Å². The Kier molecular flexibility index (Phi) is 15.2. The zero-order valence-electron chi connectivity index (χ0n) is 11.8. The van der Waals surface area contributed by atoms with Gasteiger partial charge in [-0.25, -0.2) is 0 Å². The first-order chi connectivity index (χ1) is 7.77. The number of rotatable bonds is 12. The standard InChI is InChI=1S/C12H26S.2CH3.Sn.H/c1-2-3-4-5-6-7-8-9-10-11-12-13;;;;/h13H,2-12H2,1H3;2*1H3;;/q;;;+1;/p-1. The van der Waals surface area contributed by atoms with Crippen LogP contribution in [0.3, 0.4) is 0 Å². The predicted molar refractivity (Wildman–Crippen MR) is 83.2 cm³/mol. The fourth-order valence-corrected chi connectivity index (χ4v) is 8.21. The summed E-state index contributed by atoms with van der Waals surface area (Å²) in [7, 11) is 2.32. The van der Waals surface area contributed by atoms with E-state index in [4.69, 9.17) is 0 Å². The van der Waals surface area contributed by atoms with Crippen LogP contribution in [0, 0.1) is 0 Å². The summed E-state index contributed by atoms with van der Waals surface area (Å²) in [5.41, 5.74) is 0. The molecule has 0 amide bonds. The maximum absolute atomic E-state index is 2.50. The first-order valence-electron chi connectivity index (χ1n) is 7.39. The summed E-state index contributed by atoms with van der Waals surface area (Å²) >= 11 is -0.926. The van der Waals surface area contributed by atoms with Crippen molar-refractivity contribution in [2.75, 3.05) is 5.75 Å². The molecule has 0 fully saturated rings. The molecule has 0 unspecified atom stereocenters. The van der Waals surface area contributed by atoms with Crippen molar-refractivity contribution in [3.8, 4) is 0 Å². The molecule has 0 saturated heterocycles. The van der Waals surface area contributed by atoms with Gasteiger partial charge in [0.25, 0.3) is 0 Å². The molecule has 0 aromatic carbocycles. The van der Waals surface area contributed by atoms with Crippen LogP contribution < -0.4 is 0 Å². The van der Waals surface area contributed by atoms with Crippen LogP contribution in [0.15, 0.2) is 0 Å². The van der Waals surface area contributed by atoms with E-state index in [-0.39, 0.29) is 0 Å². The SMILES string of the molecule is CCCCCCCCCCCC[S][SnH]([CH3])[CH3]. The van der Waals surface area contributed by atoms with Gasteiger partial charge >= 0.3 is 107 Å². The van der Waals surface area contributed by atoms with Crippen molar-refractivity contribution in [1.82, 2.24) is 0 Å². The first kappa shape index (κ1) is 17.1. The van der Waals surface area contributed by atoms with Crippen LogP contribution in [0.25, 0.3) is 0 Å². The number of hydrogen-bond donors (Lipinski definition) is 0. The van der Waals surface area contributed by atoms with Crippen LogP contribution in [0.4, 0.5) is 0 Å². The van der Waals surface area contributed by atoms with Crippen molar-refractivity contribution in [2.45, 2.75) is 81.0 Å². The molecule has 0 bridgehead atoms. The molecule has 16 heavy (non-hydrogen) atoms. The molecular weight excluding hydrogens is 319 g/mol. The molecule has 0 aliphatic carbocycles. The summed E-state index contributed by atoms with van der Waals surface area (Å²) in [6.45, 7) is 2.29. The molecule has 0 aromatic heterocycles. The van der Waals surface area contributed by atoms with Gasteiger partial charge in [0.2, 0.25) is 0 Å². The molecule has 2 heteroatoms. The van der Waals surface area contributed by atoms with E-state index < -0.39 is 18.4 Å². The van der Waals surface area contributed by atoms with Gasteiger partial charge in [0, 0.05) is 0 Å². The summed E-state index contributed by atoms with van der Waals surface area (Å²) in [5, 5.41) is 0. The fraction of sp³-hybridized carbons (Fsp3) is 1.00. The third-order valence-electron chi connectivity index (χ3n) is 2.95. The molecule has 0 N–H and O–H groups in total. The normalized spacial score (nSPS) is 11.2. The second-order valence-electron chi connectivity index (χ2n) is 5.10. The Morgan fingerprint density at radius 3 is 1.56 bits per heavy atom. The Balaban J connectivity index is 2.88. The number of unbranched alkanes of at least 4 members (excludes halogenated alkanes) is 9. The Morgan fingerprint density at radius 2 is 1.12 bits per heavy atom. The van der Waals surface area contributed by atoms with E-state index in [9.17, 15) is 0 Å². The van der Waals surface area contributed by atoms with Crippen LogP contribution in [-0.4, -0.2) is 24.1 Å². The summed E-state index contributed by atoms with van der Waals surface area (Å²) in [4.78, 5) is 5.01. The molecular formula is C14H32SSn. The average molecular weight is 351 g/mol. The van der Waals surface area contributed by atoms with Crippen molar-refractivity contribution in [2.24, 2.45) is 0 Å². The Bertz CT molecular complexity index is 126. The fourth-order valence-electron chi connectivity index (χ4n) is 1.91. The zero-order valence-corrected chi connectivity index (χ0v) is 15.9. The van der Waals surface area contributed by atoms with E-state index in [1.165, 1.54) is 70.0 Å². The van der Waals surface area contributed by atoms with Crippen LogP contribution in [0.5, 0.6) is 0 Å². The van der Waals surface area contributed by atoms with E-state index in [0.29, 0.717) is 0 Å². The minimum atomic E-state index is -0.926. The van der Waals surface area contributed by atoms with E-state index in [0.717, 1.165) is 0 Å². The molecule has 0 rings (SSSR count). The Hall–Kier alpha value is 1.15. The quantitative estimate of drug-likeness (QED) is 0.325. The van der Waals surface area contributed by atoms with Crippen molar-refractivity contribution in [3.63, 3.8) is 0 Å². The monoisotopic (exact) mass is 352 g/mol. The molecule has 0 aliphatic rings. The molecule has 0 aromatic rings. The summed E-state index contributed by atoms with van der Waals surface area (Å²) in [5.74, 6) is 1.46. The van der Waals surface area contributed by atoms with Gasteiger partial charge in [-0.3, -0.25) is 0 Å². The van der Waals surface area contributed by atoms with Gasteiger partial charge < -0.3 is 0 Å². The van der Waals surface area contributed by atoms with Crippen molar-refractivity contribution < 1.29 is 0 Å². The van der Waals surface area contributed by atoms with E-state index >= 15 is 0 Å². The number of hydrogen-bond acceptors (Lipinski definition) is 1. The second-order valence-corrected chi connectivity index (χ2v) is 21.0. The van der Waals surface area contributed by atoms with Gasteiger partial charge in [0.15, 0.2) is 0 Å². The van der Waals surface area contributed by atoms with Crippen LogP contribution in [0.1, 0.15) is 71.1 Å². The van der Waals surface area contributed by atoms with E-state index in [1.807, 2.05) is 0 Å². The van der Waals surface area contributed by atoms with Crippen molar-refractivity contribution in [1.29, 1.82) is 0 Å². The summed E-state index contributed by atoms with van der Waals surface area (Å²) in [6, 6.07) is 0. The van der Waals surface area contributed by atoms with Gasteiger partial charge in [-0.15, -0.1) is 0 Å². The van der Waals surface area contributed by atoms with Gasteiger partial charge in [0.1, 0.15) is 0 Å². The van der Waals surface area contributed by atoms with Crippen molar-refractivity contribution >= 4 is 27.3 Å². The topological polar surface area (TPSA) is 0 Å². The first-order valence-corrected chi connectivity index (χ1v) is 19.1. The molecule has 0 aliphatic heterocycles. The third kappa shape index (κ3) is 15.1. The Morgan fingerprint density at radius 1 is 0.688 bits per heavy atom. The van der Waals surface area contributed by atoms with Gasteiger partial charge in [-0.1, -0.05) is 6.92 Å². The van der Waals surface area contributed by atoms with Crippen LogP contribution in [-0.2, 0) is 0 Å². The Labute approximate surface area is 114 Å². The molecule has 0 heterocycles. The molecule has 0 nitrogen and oxygen atoms in total. The molecule has 98 valence electrons. The molecule has 0 atom stereocenters. The minimum absolute atomic E-state index is 0.926. The third-order valence-corrected chi connectivity index (χ3v) is 11.9. The summed E-state index contributed by atoms with van der Waals surface area (Å²) in [6.07, 6.45) is 14.7. The average Bonchev–Trinajstić information content (AvgIpc) is 2.25. The van der Waals surface area contributed by atoms with Gasteiger partial charge in [0.05, 0.1) is 0 Å². The van der Waals surface area contributed by atoms with Gasteiger partial charge in [-0.2, -0.15) is 0 Å². The molecule has 0 radical (unpaired) electrons. The maximum atomic E-state index is 2.50. The predicted octanol–water partition coefficient (Wildman–Crippen LogP) is 5.62. The molecule has 0 saturated carbocycles. The van der Waals surface area contributed by atoms with E-state index in [2.05, 4.69) is 25.7 Å². The molecule has 0 spiro atoms. The zero-order chi connectivity index (χ0) is 12.1.